The van der Waals surface area contributed by atoms with E-state index >= 15 is 0 Å². The van der Waals surface area contributed by atoms with Crippen LogP contribution in [0.1, 0.15) is 22.1 Å². The Morgan fingerprint density at radius 3 is 1.91 bits per heavy atom. The quantitative estimate of drug-likeness (QED) is 0.196. The van der Waals surface area contributed by atoms with Crippen LogP contribution in [0, 0.1) is 0 Å². The summed E-state index contributed by atoms with van der Waals surface area (Å²) < 4.78 is 11.2. The minimum absolute atomic E-state index is 0.0207. The van der Waals surface area contributed by atoms with Gasteiger partial charge in [-0.25, -0.2) is 4.98 Å². The van der Waals surface area contributed by atoms with Crippen molar-refractivity contribution in [3.8, 4) is 16.6 Å². The van der Waals surface area contributed by atoms with E-state index in [1.54, 1.807) is 11.3 Å². The predicted octanol–water partition coefficient (Wildman–Crippen LogP) is 10.4. The van der Waals surface area contributed by atoms with Crippen LogP contribution in [0.4, 0.5) is 0 Å². The number of aromatic nitrogens is 3. The molecule has 9 aromatic rings. The molecular weight excluding hydrogens is 583 g/mol. The molecule has 1 aliphatic carbocycles. The van der Waals surface area contributed by atoms with E-state index < -0.39 is 0 Å². The summed E-state index contributed by atoms with van der Waals surface area (Å²) >= 11 is 1.76. The van der Waals surface area contributed by atoms with Gasteiger partial charge in [-0.2, -0.15) is 0 Å². The molecule has 0 saturated carbocycles. The molecule has 0 amide bonds. The van der Waals surface area contributed by atoms with E-state index in [2.05, 4.69) is 143 Å². The average Bonchev–Trinajstić information content (AvgIpc) is 3.87. The molecule has 2 aliphatic rings. The molecule has 0 radical (unpaired) electrons. The fourth-order valence-electron chi connectivity index (χ4n) is 8.01. The first kappa shape index (κ1) is 24.6. The fraction of sp³-hybridized carbons (Fsp3) is 0.0488. The second-order valence-corrected chi connectivity index (χ2v) is 13.3. The van der Waals surface area contributed by atoms with Crippen LogP contribution in [0.3, 0.4) is 0 Å². The van der Waals surface area contributed by atoms with Gasteiger partial charge in [0.05, 0.1) is 44.2 Å². The molecule has 4 nitrogen and oxygen atoms in total. The van der Waals surface area contributed by atoms with Gasteiger partial charge in [0.1, 0.15) is 11.9 Å². The summed E-state index contributed by atoms with van der Waals surface area (Å²) in [5, 5.41) is 8.39. The van der Waals surface area contributed by atoms with Gasteiger partial charge in [0.15, 0.2) is 5.13 Å². The largest absolute Gasteiger partial charge is 0.485 e. The standard InChI is InChI=1S/C41H25N3OS/c1-2-15-28-26(13-1)34(43-31-17-7-3-11-24(31)25-12-4-8-18-32(25)43)23-30-27-14-5-9-19-33(27)44(40(28)30)41-42-39-37(46-41)22-21-36-38(39)29-16-6-10-20-35(29)45-36/h1-23,36,38H. The lowest BCUT2D eigenvalue weighted by atomic mass is 9.88. The van der Waals surface area contributed by atoms with Crippen LogP contribution in [0.5, 0.6) is 5.75 Å². The number of nitrogens with zero attached hydrogens (tertiary/aromatic N) is 3. The molecule has 2 atom stereocenters. The van der Waals surface area contributed by atoms with Crippen molar-refractivity contribution in [3.63, 3.8) is 0 Å². The smallest absolute Gasteiger partial charge is 0.195 e. The molecule has 0 N–H and O–H groups in total. The molecule has 0 bridgehead atoms. The predicted molar refractivity (Wildman–Crippen MR) is 190 cm³/mol. The Morgan fingerprint density at radius 2 is 1.17 bits per heavy atom. The minimum Gasteiger partial charge on any atom is -0.485 e. The van der Waals surface area contributed by atoms with Gasteiger partial charge < -0.3 is 9.30 Å². The summed E-state index contributed by atoms with van der Waals surface area (Å²) in [6, 6.07) is 45.9. The number of benzene rings is 6. The van der Waals surface area contributed by atoms with Gasteiger partial charge in [0.2, 0.25) is 0 Å². The maximum absolute atomic E-state index is 6.34. The van der Waals surface area contributed by atoms with Crippen molar-refractivity contribution in [3.05, 3.63) is 150 Å². The van der Waals surface area contributed by atoms with E-state index in [9.17, 15) is 0 Å². The van der Waals surface area contributed by atoms with E-state index in [1.165, 1.54) is 65.0 Å². The summed E-state index contributed by atoms with van der Waals surface area (Å²) in [7, 11) is 0. The topological polar surface area (TPSA) is 32.0 Å². The van der Waals surface area contributed by atoms with Crippen LogP contribution in [-0.2, 0) is 0 Å². The second kappa shape index (κ2) is 8.96. The maximum atomic E-state index is 6.34. The number of rotatable bonds is 2. The summed E-state index contributed by atoms with van der Waals surface area (Å²) in [6.07, 6.45) is 4.39. The van der Waals surface area contributed by atoms with Crippen molar-refractivity contribution in [1.82, 2.24) is 14.1 Å². The SMILES string of the molecule is C1=CC2Oc3ccccc3C2c2nc(-n3c4ccccc4c4cc(-n5c6ccccc6c6ccccc65)c5ccccc5c43)sc21. The Morgan fingerprint density at radius 1 is 0.587 bits per heavy atom. The molecule has 6 aromatic carbocycles. The normalized spacial score (nSPS) is 16.8. The number of hydrogen-bond donors (Lipinski definition) is 0. The number of para-hydroxylation sites is 4. The molecule has 0 spiro atoms. The van der Waals surface area contributed by atoms with Gasteiger partial charge in [0, 0.05) is 37.9 Å². The lowest BCUT2D eigenvalue weighted by Crippen LogP contribution is -2.20. The van der Waals surface area contributed by atoms with Crippen LogP contribution >= 0.6 is 11.3 Å². The average molecular weight is 608 g/mol. The van der Waals surface area contributed by atoms with Crippen LogP contribution < -0.4 is 4.74 Å². The lowest BCUT2D eigenvalue weighted by Gasteiger charge is -2.18. The molecule has 46 heavy (non-hydrogen) atoms. The van der Waals surface area contributed by atoms with Gasteiger partial charge in [-0.3, -0.25) is 4.57 Å². The van der Waals surface area contributed by atoms with Crippen molar-refractivity contribution in [2.45, 2.75) is 12.0 Å². The fourth-order valence-corrected chi connectivity index (χ4v) is 9.06. The van der Waals surface area contributed by atoms with Crippen LogP contribution in [-0.4, -0.2) is 20.2 Å². The number of hydrogen-bond acceptors (Lipinski definition) is 3. The Kier molecular flexibility index (Phi) is 4.80. The van der Waals surface area contributed by atoms with Gasteiger partial charge in [-0.15, -0.1) is 0 Å². The molecule has 11 rings (SSSR count). The molecule has 0 saturated heterocycles. The van der Waals surface area contributed by atoms with E-state index in [1.807, 2.05) is 6.07 Å². The second-order valence-electron chi connectivity index (χ2n) is 12.3. The summed E-state index contributed by atoms with van der Waals surface area (Å²) in [5.74, 6) is 1.07. The van der Waals surface area contributed by atoms with Gasteiger partial charge in [-0.1, -0.05) is 108 Å². The van der Waals surface area contributed by atoms with Crippen molar-refractivity contribution in [2.24, 2.45) is 0 Å². The third kappa shape index (κ3) is 3.15. The highest BCUT2D eigenvalue weighted by Gasteiger charge is 2.39. The Balaban J connectivity index is 1.23. The Labute approximate surface area is 268 Å². The number of fused-ring (bicyclic) bond motifs is 13. The first-order valence-electron chi connectivity index (χ1n) is 15.7. The zero-order valence-corrected chi connectivity index (χ0v) is 25.4. The molecule has 0 fully saturated rings. The molecule has 4 heterocycles. The van der Waals surface area contributed by atoms with Crippen molar-refractivity contribution in [1.29, 1.82) is 0 Å². The van der Waals surface area contributed by atoms with Crippen molar-refractivity contribution >= 4 is 71.8 Å². The summed E-state index contributed by atoms with van der Waals surface area (Å²) in [5.41, 5.74) is 8.29. The highest BCUT2D eigenvalue weighted by Crippen LogP contribution is 2.49. The summed E-state index contributed by atoms with van der Waals surface area (Å²) in [4.78, 5) is 6.64. The zero-order chi connectivity index (χ0) is 29.9. The third-order valence-electron chi connectivity index (χ3n) is 9.91. The van der Waals surface area contributed by atoms with Crippen LogP contribution in [0.15, 0.2) is 133 Å². The summed E-state index contributed by atoms with van der Waals surface area (Å²) in [6.45, 7) is 0. The molecule has 216 valence electrons. The molecule has 1 aliphatic heterocycles. The van der Waals surface area contributed by atoms with Gasteiger partial charge in [0.25, 0.3) is 0 Å². The Hall–Kier alpha value is -5.65. The third-order valence-corrected chi connectivity index (χ3v) is 10.9. The van der Waals surface area contributed by atoms with Crippen LogP contribution in [0.2, 0.25) is 0 Å². The lowest BCUT2D eigenvalue weighted by molar-refractivity contribution is 0.266. The zero-order valence-electron chi connectivity index (χ0n) is 24.6. The van der Waals surface area contributed by atoms with E-state index in [0.717, 1.165) is 22.1 Å². The Bertz CT molecular complexity index is 2710. The van der Waals surface area contributed by atoms with Crippen LogP contribution in [0.25, 0.3) is 71.3 Å². The van der Waals surface area contributed by atoms with Gasteiger partial charge in [-0.05, 0) is 42.5 Å². The van der Waals surface area contributed by atoms with E-state index in [-0.39, 0.29) is 12.0 Å². The number of ether oxygens (including phenoxy) is 1. The molecule has 2 unspecified atom stereocenters. The maximum Gasteiger partial charge on any atom is 0.195 e. The number of thiazole rings is 1. The molecule has 5 heteroatoms. The highest BCUT2D eigenvalue weighted by atomic mass is 32.1. The molecule has 3 aromatic heterocycles. The van der Waals surface area contributed by atoms with E-state index in [0.29, 0.717) is 0 Å². The minimum atomic E-state index is -0.0207. The highest BCUT2D eigenvalue weighted by molar-refractivity contribution is 7.15. The van der Waals surface area contributed by atoms with Crippen molar-refractivity contribution < 1.29 is 4.74 Å². The van der Waals surface area contributed by atoms with Crippen molar-refractivity contribution in [2.75, 3.05) is 0 Å². The molecular formula is C41H25N3OS. The monoisotopic (exact) mass is 607 g/mol. The van der Waals surface area contributed by atoms with Gasteiger partial charge >= 0.3 is 0 Å². The van der Waals surface area contributed by atoms with E-state index in [4.69, 9.17) is 9.72 Å². The first-order chi connectivity index (χ1) is 22.8. The first-order valence-corrected chi connectivity index (χ1v) is 16.5.